The second kappa shape index (κ2) is 10.9. The van der Waals surface area contributed by atoms with Gasteiger partial charge in [0.2, 0.25) is 15.9 Å². The molecule has 0 aliphatic carbocycles. The molecular weight excluding hydrogens is 498 g/mol. The molecule has 36 heavy (non-hydrogen) atoms. The van der Waals surface area contributed by atoms with Gasteiger partial charge in [0.05, 0.1) is 19.1 Å². The summed E-state index contributed by atoms with van der Waals surface area (Å²) >= 11 is 1.36. The molecule has 0 saturated carbocycles. The van der Waals surface area contributed by atoms with Crippen molar-refractivity contribution in [1.82, 2.24) is 19.7 Å². The molecule has 11 heteroatoms. The number of sulfonamides is 1. The Kier molecular flexibility index (Phi) is 7.89. The third kappa shape index (κ3) is 6.01. The summed E-state index contributed by atoms with van der Waals surface area (Å²) in [4.78, 5) is 15.1. The van der Waals surface area contributed by atoms with E-state index >= 15 is 0 Å². The monoisotopic (exact) mass is 529 g/mol. The summed E-state index contributed by atoms with van der Waals surface area (Å²) in [7, 11) is -1.76. The second-order valence-electron chi connectivity index (χ2n) is 9.01. The summed E-state index contributed by atoms with van der Waals surface area (Å²) in [5.74, 6) is 1.67. The standard InChI is InChI=1S/C25H31N5O4S2/c1-17-6-5-7-18(2)29(17)23(31)16-35-25-27-26-24(30(25)21-12-14-22(34-3)15-13-21)19-8-10-20(11-9-19)28-36(4,32)33/h8-15,17-18,28H,5-7,16H2,1-4H3/t17-,18+. The number of aromatic nitrogens is 3. The van der Waals surface area contributed by atoms with Gasteiger partial charge in [-0.2, -0.15) is 0 Å². The molecule has 9 nitrogen and oxygen atoms in total. The van der Waals surface area contributed by atoms with Gasteiger partial charge < -0.3 is 9.64 Å². The number of methoxy groups -OCH3 is 1. The maximum Gasteiger partial charge on any atom is 0.233 e. The fourth-order valence-corrected chi connectivity index (χ4v) is 5.91. The number of amides is 1. The van der Waals surface area contributed by atoms with E-state index in [-0.39, 0.29) is 23.7 Å². The molecular formula is C25H31N5O4S2. The summed E-state index contributed by atoms with van der Waals surface area (Å²) in [6.07, 6.45) is 4.30. The number of likely N-dealkylation sites (tertiary alicyclic amines) is 1. The third-order valence-corrected chi connectivity index (χ3v) is 7.74. The lowest BCUT2D eigenvalue weighted by Gasteiger charge is -2.39. The lowest BCUT2D eigenvalue weighted by Crippen LogP contribution is -2.48. The number of nitrogens with zero attached hydrogens (tertiary/aromatic N) is 4. The Bertz CT molecular complexity index is 1300. The number of rotatable bonds is 8. The molecule has 1 saturated heterocycles. The number of thioether (sulfide) groups is 1. The molecule has 0 spiro atoms. The van der Waals surface area contributed by atoms with Crippen molar-refractivity contribution in [3.05, 3.63) is 48.5 Å². The summed E-state index contributed by atoms with van der Waals surface area (Å²) in [6, 6.07) is 14.9. The van der Waals surface area contributed by atoms with E-state index in [0.717, 1.165) is 42.5 Å². The molecule has 0 bridgehead atoms. The number of piperidine rings is 1. The average molecular weight is 530 g/mol. The van der Waals surface area contributed by atoms with E-state index in [1.807, 2.05) is 33.7 Å². The SMILES string of the molecule is COc1ccc(-n2c(SCC(=O)N3[C@H](C)CCC[C@@H]3C)nnc2-c2ccc(NS(C)(=O)=O)cc2)cc1. The van der Waals surface area contributed by atoms with Gasteiger partial charge in [0.15, 0.2) is 11.0 Å². The van der Waals surface area contributed by atoms with E-state index < -0.39 is 10.0 Å². The predicted octanol–water partition coefficient (Wildman–Crippen LogP) is 4.20. The minimum atomic E-state index is -3.38. The molecule has 1 N–H and O–H groups in total. The molecule has 4 rings (SSSR count). The van der Waals surface area contributed by atoms with Crippen LogP contribution in [0.4, 0.5) is 5.69 Å². The van der Waals surface area contributed by atoms with Gasteiger partial charge in [0.25, 0.3) is 0 Å². The maximum atomic E-state index is 13.1. The van der Waals surface area contributed by atoms with Crippen molar-refractivity contribution in [3.63, 3.8) is 0 Å². The molecule has 3 aromatic rings. The lowest BCUT2D eigenvalue weighted by molar-refractivity contribution is -0.134. The van der Waals surface area contributed by atoms with Gasteiger partial charge >= 0.3 is 0 Å². The Morgan fingerprint density at radius 1 is 1.06 bits per heavy atom. The van der Waals surface area contributed by atoms with E-state index in [1.54, 1.807) is 31.4 Å². The zero-order valence-electron chi connectivity index (χ0n) is 20.8. The first-order chi connectivity index (χ1) is 17.2. The van der Waals surface area contributed by atoms with Gasteiger partial charge in [-0.15, -0.1) is 10.2 Å². The van der Waals surface area contributed by atoms with E-state index in [9.17, 15) is 13.2 Å². The van der Waals surface area contributed by atoms with Crippen molar-refractivity contribution in [2.24, 2.45) is 0 Å². The van der Waals surface area contributed by atoms with Crippen molar-refractivity contribution in [1.29, 1.82) is 0 Å². The Labute approximate surface area is 216 Å². The minimum Gasteiger partial charge on any atom is -0.497 e. The molecule has 1 amide bonds. The minimum absolute atomic E-state index is 0.0988. The summed E-state index contributed by atoms with van der Waals surface area (Å²) in [5, 5.41) is 9.43. The number of anilines is 1. The molecule has 0 radical (unpaired) electrons. The fourth-order valence-electron chi connectivity index (χ4n) is 4.53. The van der Waals surface area contributed by atoms with Crippen LogP contribution in [0.25, 0.3) is 17.1 Å². The quantitative estimate of drug-likeness (QED) is 0.436. The number of hydrogen-bond acceptors (Lipinski definition) is 7. The van der Waals surface area contributed by atoms with Crippen LogP contribution in [0.3, 0.4) is 0 Å². The Morgan fingerprint density at radius 3 is 2.28 bits per heavy atom. The van der Waals surface area contributed by atoms with Crippen molar-refractivity contribution >= 4 is 33.4 Å². The Balaban J connectivity index is 1.64. The van der Waals surface area contributed by atoms with Gasteiger partial charge in [-0.1, -0.05) is 11.8 Å². The smallest absolute Gasteiger partial charge is 0.233 e. The molecule has 1 fully saturated rings. The van der Waals surface area contributed by atoms with E-state index in [1.165, 1.54) is 11.8 Å². The average Bonchev–Trinajstić information content (AvgIpc) is 3.26. The zero-order chi connectivity index (χ0) is 25.9. The van der Waals surface area contributed by atoms with Crippen LogP contribution in [-0.2, 0) is 14.8 Å². The van der Waals surface area contributed by atoms with Crippen LogP contribution >= 0.6 is 11.8 Å². The van der Waals surface area contributed by atoms with Gasteiger partial charge in [-0.3, -0.25) is 14.1 Å². The van der Waals surface area contributed by atoms with Crippen LogP contribution in [0, 0.1) is 0 Å². The highest BCUT2D eigenvalue weighted by Crippen LogP contribution is 2.31. The molecule has 192 valence electrons. The largest absolute Gasteiger partial charge is 0.497 e. The van der Waals surface area contributed by atoms with Crippen LogP contribution < -0.4 is 9.46 Å². The van der Waals surface area contributed by atoms with Crippen molar-refractivity contribution in [3.8, 4) is 22.8 Å². The number of nitrogens with one attached hydrogen (secondary N) is 1. The molecule has 2 atom stereocenters. The molecule has 0 unspecified atom stereocenters. The number of benzene rings is 2. The normalized spacial score (nSPS) is 18.2. The predicted molar refractivity (Wildman–Crippen MR) is 142 cm³/mol. The first-order valence-corrected chi connectivity index (χ1v) is 14.7. The Hall–Kier alpha value is -3.05. The van der Waals surface area contributed by atoms with Crippen LogP contribution in [0.5, 0.6) is 5.75 Å². The molecule has 1 aliphatic rings. The van der Waals surface area contributed by atoms with Gasteiger partial charge in [0.1, 0.15) is 5.75 Å². The van der Waals surface area contributed by atoms with Gasteiger partial charge in [0, 0.05) is 29.0 Å². The molecule has 1 aromatic heterocycles. The topological polar surface area (TPSA) is 106 Å². The maximum absolute atomic E-state index is 13.1. The number of carbonyl (C=O) groups excluding carboxylic acids is 1. The lowest BCUT2D eigenvalue weighted by atomic mass is 9.98. The number of ether oxygens (including phenoxy) is 1. The fraction of sp³-hybridized carbons (Fsp3) is 0.400. The summed E-state index contributed by atoms with van der Waals surface area (Å²) < 4.78 is 32.8. The van der Waals surface area contributed by atoms with Crippen LogP contribution in [0.2, 0.25) is 0 Å². The molecule has 2 aromatic carbocycles. The zero-order valence-corrected chi connectivity index (χ0v) is 22.5. The molecule has 2 heterocycles. The van der Waals surface area contributed by atoms with Gasteiger partial charge in [-0.25, -0.2) is 8.42 Å². The van der Waals surface area contributed by atoms with Crippen molar-refractivity contribution < 1.29 is 17.9 Å². The summed E-state index contributed by atoms with van der Waals surface area (Å²) in [5.41, 5.74) is 2.04. The van der Waals surface area contributed by atoms with E-state index in [2.05, 4.69) is 28.8 Å². The van der Waals surface area contributed by atoms with E-state index in [4.69, 9.17) is 4.74 Å². The second-order valence-corrected chi connectivity index (χ2v) is 11.7. The first kappa shape index (κ1) is 26.0. The summed E-state index contributed by atoms with van der Waals surface area (Å²) in [6.45, 7) is 4.22. The van der Waals surface area contributed by atoms with Crippen molar-refractivity contribution in [2.75, 3.05) is 23.8 Å². The highest BCUT2D eigenvalue weighted by Gasteiger charge is 2.29. The molecule has 1 aliphatic heterocycles. The van der Waals surface area contributed by atoms with E-state index in [0.29, 0.717) is 16.7 Å². The van der Waals surface area contributed by atoms with Crippen LogP contribution in [0.1, 0.15) is 33.1 Å². The highest BCUT2D eigenvalue weighted by molar-refractivity contribution is 7.99. The van der Waals surface area contributed by atoms with Crippen LogP contribution in [0.15, 0.2) is 53.7 Å². The number of carbonyl (C=O) groups is 1. The number of hydrogen-bond donors (Lipinski definition) is 1. The van der Waals surface area contributed by atoms with Crippen molar-refractivity contribution in [2.45, 2.75) is 50.4 Å². The third-order valence-electron chi connectivity index (χ3n) is 6.22. The first-order valence-electron chi connectivity index (χ1n) is 11.8. The highest BCUT2D eigenvalue weighted by atomic mass is 32.2. The van der Waals surface area contributed by atoms with Crippen LogP contribution in [-0.4, -0.2) is 65.2 Å². The van der Waals surface area contributed by atoms with Gasteiger partial charge in [-0.05, 0) is 81.6 Å². The Morgan fingerprint density at radius 2 is 1.69 bits per heavy atom.